The van der Waals surface area contributed by atoms with Gasteiger partial charge in [0.25, 0.3) is 0 Å². The summed E-state index contributed by atoms with van der Waals surface area (Å²) < 4.78 is 18.7. The molecule has 1 aliphatic carbocycles. The van der Waals surface area contributed by atoms with E-state index < -0.39 is 5.82 Å². The lowest BCUT2D eigenvalue weighted by molar-refractivity contribution is -0.122. The van der Waals surface area contributed by atoms with Gasteiger partial charge in [-0.3, -0.25) is 14.4 Å². The number of rotatable bonds is 5. The molecule has 0 aromatic heterocycles. The molecule has 29 heavy (non-hydrogen) atoms. The molecule has 150 valence electrons. The van der Waals surface area contributed by atoms with Gasteiger partial charge in [0, 0.05) is 5.56 Å². The molecule has 1 aliphatic heterocycles. The predicted octanol–water partition coefficient (Wildman–Crippen LogP) is 4.01. The average molecular weight is 395 g/mol. The van der Waals surface area contributed by atoms with Crippen LogP contribution >= 0.6 is 0 Å². The number of nitrogens with zero attached hydrogens (tertiary/aromatic N) is 1. The number of ether oxygens (including phenoxy) is 1. The Hall–Kier alpha value is -3.02. The largest absolute Gasteiger partial charge is 0.483 e. The van der Waals surface area contributed by atoms with E-state index in [-0.39, 0.29) is 36.0 Å². The third-order valence-electron chi connectivity index (χ3n) is 5.82. The fourth-order valence-electron chi connectivity index (χ4n) is 4.25. The minimum absolute atomic E-state index is 0.187. The lowest BCUT2D eigenvalue weighted by atomic mass is 9.76. The molecule has 5 nitrogen and oxygen atoms in total. The van der Waals surface area contributed by atoms with Crippen LogP contribution in [0.5, 0.6) is 5.75 Å². The molecule has 0 radical (unpaired) electrons. The molecule has 2 fully saturated rings. The van der Waals surface area contributed by atoms with E-state index in [2.05, 4.69) is 6.92 Å². The Bertz CT molecular complexity index is 956. The fraction of sp³-hybridized carbons (Fsp3) is 0.348. The Morgan fingerprint density at radius 3 is 2.48 bits per heavy atom. The molecule has 1 saturated carbocycles. The first-order chi connectivity index (χ1) is 14.0. The van der Waals surface area contributed by atoms with Crippen LogP contribution in [0.25, 0.3) is 0 Å². The Morgan fingerprint density at radius 1 is 1.03 bits per heavy atom. The first-order valence-corrected chi connectivity index (χ1v) is 9.84. The zero-order valence-corrected chi connectivity index (χ0v) is 16.1. The van der Waals surface area contributed by atoms with Gasteiger partial charge in [-0.05, 0) is 61.6 Å². The van der Waals surface area contributed by atoms with Crippen molar-refractivity contribution in [1.82, 2.24) is 0 Å². The van der Waals surface area contributed by atoms with Crippen LogP contribution in [0.4, 0.5) is 10.1 Å². The normalized spacial score (nSPS) is 23.8. The monoisotopic (exact) mass is 395 g/mol. The SMILES string of the molecule is C[C@@H]1CC[C@H]2C(=O)N(c3ccccc3OCC(=O)c3ccc(F)cc3)C(=O)[C@H]2C1. The van der Waals surface area contributed by atoms with Crippen LogP contribution in [0.2, 0.25) is 0 Å². The van der Waals surface area contributed by atoms with Crippen molar-refractivity contribution in [3.63, 3.8) is 0 Å². The second-order valence-corrected chi connectivity index (χ2v) is 7.83. The number of Topliss-reactive ketones (excluding diaryl/α,β-unsaturated/α-hetero) is 1. The van der Waals surface area contributed by atoms with Crippen molar-refractivity contribution in [3.8, 4) is 5.75 Å². The molecule has 6 heteroatoms. The second kappa shape index (κ2) is 7.78. The van der Waals surface area contributed by atoms with Gasteiger partial charge in [-0.2, -0.15) is 0 Å². The van der Waals surface area contributed by atoms with Crippen molar-refractivity contribution in [1.29, 1.82) is 0 Å². The fourth-order valence-corrected chi connectivity index (χ4v) is 4.25. The molecule has 2 aromatic rings. The number of carbonyl (C=O) groups is 3. The molecule has 4 rings (SSSR count). The Labute approximate surface area is 168 Å². The predicted molar refractivity (Wildman–Crippen MR) is 105 cm³/mol. The summed E-state index contributed by atoms with van der Waals surface area (Å²) in [5, 5.41) is 0. The van der Waals surface area contributed by atoms with E-state index in [1.54, 1.807) is 24.3 Å². The molecule has 0 bridgehead atoms. The van der Waals surface area contributed by atoms with Crippen LogP contribution in [0.1, 0.15) is 36.5 Å². The molecule has 3 atom stereocenters. The Balaban J connectivity index is 1.54. The van der Waals surface area contributed by atoms with Gasteiger partial charge in [-0.25, -0.2) is 9.29 Å². The number of para-hydroxylation sites is 2. The zero-order valence-electron chi connectivity index (χ0n) is 16.1. The van der Waals surface area contributed by atoms with E-state index >= 15 is 0 Å². The van der Waals surface area contributed by atoms with E-state index in [0.29, 0.717) is 22.9 Å². The highest BCUT2D eigenvalue weighted by atomic mass is 19.1. The lowest BCUT2D eigenvalue weighted by Crippen LogP contribution is -2.31. The maximum Gasteiger partial charge on any atom is 0.237 e. The van der Waals surface area contributed by atoms with Gasteiger partial charge in [-0.1, -0.05) is 19.1 Å². The summed E-state index contributed by atoms with van der Waals surface area (Å²) >= 11 is 0. The molecule has 0 N–H and O–H groups in total. The van der Waals surface area contributed by atoms with Gasteiger partial charge in [-0.15, -0.1) is 0 Å². The topological polar surface area (TPSA) is 63.7 Å². The second-order valence-electron chi connectivity index (χ2n) is 7.83. The summed E-state index contributed by atoms with van der Waals surface area (Å²) in [5.41, 5.74) is 0.702. The summed E-state index contributed by atoms with van der Waals surface area (Å²) in [5.74, 6) is -0.937. The third kappa shape index (κ3) is 3.67. The summed E-state index contributed by atoms with van der Waals surface area (Å²) in [6.07, 6.45) is 2.38. The first-order valence-electron chi connectivity index (χ1n) is 9.84. The number of hydrogen-bond donors (Lipinski definition) is 0. The molecule has 0 unspecified atom stereocenters. The molecule has 1 saturated heterocycles. The van der Waals surface area contributed by atoms with E-state index in [1.165, 1.54) is 29.2 Å². The Morgan fingerprint density at radius 2 is 1.72 bits per heavy atom. The van der Waals surface area contributed by atoms with Crippen LogP contribution in [0.15, 0.2) is 48.5 Å². The van der Waals surface area contributed by atoms with Crippen LogP contribution in [-0.4, -0.2) is 24.2 Å². The number of fused-ring (bicyclic) bond motifs is 1. The number of imide groups is 1. The maximum atomic E-state index is 13.0. The van der Waals surface area contributed by atoms with Crippen molar-refractivity contribution in [2.45, 2.75) is 26.2 Å². The van der Waals surface area contributed by atoms with Crippen molar-refractivity contribution < 1.29 is 23.5 Å². The van der Waals surface area contributed by atoms with Crippen molar-refractivity contribution in [3.05, 3.63) is 59.9 Å². The molecule has 2 aromatic carbocycles. The maximum absolute atomic E-state index is 13.0. The van der Waals surface area contributed by atoms with Crippen LogP contribution < -0.4 is 9.64 Å². The number of carbonyl (C=O) groups excluding carboxylic acids is 3. The van der Waals surface area contributed by atoms with Crippen molar-refractivity contribution in [2.24, 2.45) is 17.8 Å². The molecule has 2 amide bonds. The molecule has 0 spiro atoms. The molecule has 2 aliphatic rings. The summed E-state index contributed by atoms with van der Waals surface area (Å²) in [6.45, 7) is 1.83. The summed E-state index contributed by atoms with van der Waals surface area (Å²) in [7, 11) is 0. The van der Waals surface area contributed by atoms with Gasteiger partial charge in [0.15, 0.2) is 12.4 Å². The van der Waals surface area contributed by atoms with E-state index in [4.69, 9.17) is 4.74 Å². The van der Waals surface area contributed by atoms with E-state index in [9.17, 15) is 18.8 Å². The molecular formula is C23H22FNO4. The minimum Gasteiger partial charge on any atom is -0.483 e. The van der Waals surface area contributed by atoms with Crippen LogP contribution in [-0.2, 0) is 9.59 Å². The van der Waals surface area contributed by atoms with Gasteiger partial charge >= 0.3 is 0 Å². The van der Waals surface area contributed by atoms with Crippen molar-refractivity contribution in [2.75, 3.05) is 11.5 Å². The van der Waals surface area contributed by atoms with Gasteiger partial charge in [0.05, 0.1) is 17.5 Å². The van der Waals surface area contributed by atoms with E-state index in [1.807, 2.05) is 0 Å². The first kappa shape index (κ1) is 19.3. The number of halogens is 1. The van der Waals surface area contributed by atoms with Crippen LogP contribution in [0, 0.1) is 23.6 Å². The lowest BCUT2D eigenvalue weighted by Gasteiger charge is -2.25. The molecular weight excluding hydrogens is 373 g/mol. The number of anilines is 1. The van der Waals surface area contributed by atoms with Crippen LogP contribution in [0.3, 0.4) is 0 Å². The van der Waals surface area contributed by atoms with Gasteiger partial charge in [0.2, 0.25) is 11.8 Å². The highest BCUT2D eigenvalue weighted by Crippen LogP contribution is 2.44. The quantitative estimate of drug-likeness (QED) is 0.567. The van der Waals surface area contributed by atoms with Gasteiger partial charge in [0.1, 0.15) is 11.6 Å². The standard InChI is InChI=1S/C23H22FNO4/c1-14-6-11-17-18(12-14)23(28)25(22(17)27)19-4-2-3-5-21(19)29-13-20(26)15-7-9-16(24)10-8-15/h2-5,7-10,14,17-18H,6,11-13H2,1H3/t14-,17-,18+/m1/s1. The third-order valence-corrected chi connectivity index (χ3v) is 5.82. The Kier molecular flexibility index (Phi) is 5.18. The summed E-state index contributed by atoms with van der Waals surface area (Å²) in [4.78, 5) is 39.5. The number of benzene rings is 2. The highest BCUT2D eigenvalue weighted by Gasteiger charge is 2.50. The average Bonchev–Trinajstić information content (AvgIpc) is 2.96. The number of ketones is 1. The van der Waals surface area contributed by atoms with Crippen molar-refractivity contribution >= 4 is 23.3 Å². The molecule has 1 heterocycles. The zero-order chi connectivity index (χ0) is 20.5. The number of hydrogen-bond acceptors (Lipinski definition) is 4. The van der Waals surface area contributed by atoms with E-state index in [0.717, 1.165) is 19.3 Å². The summed E-state index contributed by atoms with van der Waals surface area (Å²) in [6, 6.07) is 12.0. The number of amides is 2. The van der Waals surface area contributed by atoms with Gasteiger partial charge < -0.3 is 4.74 Å². The smallest absolute Gasteiger partial charge is 0.237 e. The highest BCUT2D eigenvalue weighted by molar-refractivity contribution is 6.22. The minimum atomic E-state index is -0.422.